The Morgan fingerprint density at radius 2 is 1.47 bits per heavy atom. The Bertz CT molecular complexity index is 136. The van der Waals surface area contributed by atoms with Gasteiger partial charge in [0, 0.05) is 36.7 Å². The van der Waals surface area contributed by atoms with E-state index in [9.17, 15) is 0 Å². The van der Waals surface area contributed by atoms with Crippen molar-refractivity contribution in [3.63, 3.8) is 0 Å². The summed E-state index contributed by atoms with van der Waals surface area (Å²) in [6, 6.07) is 0.886. The Morgan fingerprint density at radius 3 is 1.93 bits per heavy atom. The largest absolute Gasteiger partial charge is 0.315 e. The molecule has 15 heavy (non-hydrogen) atoms. The number of hydrogen-bond donors (Lipinski definition) is 5. The van der Waals surface area contributed by atoms with Crippen molar-refractivity contribution in [3.8, 4) is 0 Å². The summed E-state index contributed by atoms with van der Waals surface area (Å²) in [5, 5.41) is 10.2. The molecule has 0 aliphatic carbocycles. The van der Waals surface area contributed by atoms with Crippen molar-refractivity contribution in [2.45, 2.75) is 25.9 Å². The summed E-state index contributed by atoms with van der Waals surface area (Å²) in [4.78, 5) is 0. The predicted octanol–water partition coefficient (Wildman–Crippen LogP) is 0.392. The molecule has 3 N–H and O–H groups in total. The maximum absolute atomic E-state index is 4.33. The van der Waals surface area contributed by atoms with Gasteiger partial charge in [0.1, 0.15) is 0 Å². The quantitative estimate of drug-likeness (QED) is 0.365. The lowest BCUT2D eigenvalue weighted by Crippen LogP contribution is -2.47. The van der Waals surface area contributed by atoms with Crippen molar-refractivity contribution >= 4 is 25.3 Å². The maximum Gasteiger partial charge on any atom is 0.0281 e. The standard InChI is InChI=1S/C10H25N3S2/c1-3-11-5-9(7-14)13-6-10(8-15)12-4-2/h9-15H,3-8H2,1-2H3. The van der Waals surface area contributed by atoms with E-state index in [1.807, 2.05) is 0 Å². The molecule has 0 rings (SSSR count). The van der Waals surface area contributed by atoms with Crippen LogP contribution >= 0.6 is 25.3 Å². The molecule has 92 valence electrons. The van der Waals surface area contributed by atoms with E-state index in [1.54, 1.807) is 0 Å². The molecule has 0 fully saturated rings. The van der Waals surface area contributed by atoms with Crippen LogP contribution in [0.15, 0.2) is 0 Å². The van der Waals surface area contributed by atoms with Crippen molar-refractivity contribution in [3.05, 3.63) is 0 Å². The lowest BCUT2D eigenvalue weighted by molar-refractivity contribution is 0.461. The van der Waals surface area contributed by atoms with Gasteiger partial charge in [0.2, 0.25) is 0 Å². The minimum Gasteiger partial charge on any atom is -0.315 e. The Balaban J connectivity index is 3.66. The van der Waals surface area contributed by atoms with Crippen LogP contribution in [0.4, 0.5) is 0 Å². The second-order valence-electron chi connectivity index (χ2n) is 3.53. The van der Waals surface area contributed by atoms with Crippen molar-refractivity contribution < 1.29 is 0 Å². The summed E-state index contributed by atoms with van der Waals surface area (Å²) < 4.78 is 0. The molecule has 2 atom stereocenters. The summed E-state index contributed by atoms with van der Waals surface area (Å²) in [6.07, 6.45) is 0. The van der Waals surface area contributed by atoms with Crippen molar-refractivity contribution in [2.24, 2.45) is 0 Å². The molecule has 0 aromatic rings. The highest BCUT2D eigenvalue weighted by Gasteiger charge is 2.09. The predicted molar refractivity (Wildman–Crippen MR) is 75.5 cm³/mol. The zero-order valence-corrected chi connectivity index (χ0v) is 11.6. The van der Waals surface area contributed by atoms with E-state index in [2.05, 4.69) is 55.1 Å². The molecule has 3 nitrogen and oxygen atoms in total. The monoisotopic (exact) mass is 251 g/mol. The normalized spacial score (nSPS) is 15.2. The third-order valence-electron chi connectivity index (χ3n) is 2.23. The van der Waals surface area contributed by atoms with E-state index in [4.69, 9.17) is 0 Å². The lowest BCUT2D eigenvalue weighted by atomic mass is 10.2. The molecule has 5 heteroatoms. The SMILES string of the molecule is CCNCC(CS)NCC(CS)NCC. The molecule has 0 aliphatic rings. The van der Waals surface area contributed by atoms with Gasteiger partial charge in [0.15, 0.2) is 0 Å². The molecule has 0 radical (unpaired) electrons. The lowest BCUT2D eigenvalue weighted by Gasteiger charge is -2.21. The van der Waals surface area contributed by atoms with Crippen LogP contribution in [0.1, 0.15) is 13.8 Å². The summed E-state index contributed by atoms with van der Waals surface area (Å²) in [7, 11) is 0. The molecule has 0 amide bonds. The van der Waals surface area contributed by atoms with Gasteiger partial charge in [-0.2, -0.15) is 25.3 Å². The van der Waals surface area contributed by atoms with Gasteiger partial charge in [-0.3, -0.25) is 0 Å². The highest BCUT2D eigenvalue weighted by molar-refractivity contribution is 7.80. The van der Waals surface area contributed by atoms with Crippen molar-refractivity contribution in [1.82, 2.24) is 16.0 Å². The van der Waals surface area contributed by atoms with Gasteiger partial charge in [-0.1, -0.05) is 13.8 Å². The third-order valence-corrected chi connectivity index (χ3v) is 3.11. The molecule has 0 spiro atoms. The first kappa shape index (κ1) is 15.6. The van der Waals surface area contributed by atoms with Crippen LogP contribution in [0.25, 0.3) is 0 Å². The molecule has 0 bridgehead atoms. The molecule has 2 unspecified atom stereocenters. The molecular weight excluding hydrogens is 226 g/mol. The maximum atomic E-state index is 4.33. The van der Waals surface area contributed by atoms with Gasteiger partial charge >= 0.3 is 0 Å². The van der Waals surface area contributed by atoms with Gasteiger partial charge in [-0.05, 0) is 13.1 Å². The first-order chi connectivity index (χ1) is 7.28. The van der Waals surface area contributed by atoms with Crippen LogP contribution < -0.4 is 16.0 Å². The first-order valence-corrected chi connectivity index (χ1v) is 6.94. The fourth-order valence-corrected chi connectivity index (χ4v) is 1.84. The molecule has 0 heterocycles. The average molecular weight is 251 g/mol. The zero-order valence-electron chi connectivity index (χ0n) is 9.79. The smallest absolute Gasteiger partial charge is 0.0281 e. The van der Waals surface area contributed by atoms with Crippen molar-refractivity contribution in [1.29, 1.82) is 0 Å². The van der Waals surface area contributed by atoms with Gasteiger partial charge in [-0.15, -0.1) is 0 Å². The second kappa shape index (κ2) is 11.1. The van der Waals surface area contributed by atoms with E-state index >= 15 is 0 Å². The fraction of sp³-hybridized carbons (Fsp3) is 1.00. The van der Waals surface area contributed by atoms with E-state index in [0.29, 0.717) is 12.1 Å². The summed E-state index contributed by atoms with van der Waals surface area (Å²) >= 11 is 8.65. The van der Waals surface area contributed by atoms with E-state index in [0.717, 1.165) is 37.7 Å². The Morgan fingerprint density at radius 1 is 0.867 bits per heavy atom. The first-order valence-electron chi connectivity index (χ1n) is 5.67. The minimum absolute atomic E-state index is 0.439. The average Bonchev–Trinajstić information content (AvgIpc) is 2.27. The third kappa shape index (κ3) is 8.39. The summed E-state index contributed by atoms with van der Waals surface area (Å²) in [5.74, 6) is 1.72. The van der Waals surface area contributed by atoms with Gasteiger partial charge < -0.3 is 16.0 Å². The van der Waals surface area contributed by atoms with Crippen LogP contribution in [0.3, 0.4) is 0 Å². The fourth-order valence-electron chi connectivity index (χ4n) is 1.32. The van der Waals surface area contributed by atoms with Crippen LogP contribution in [-0.4, -0.2) is 49.8 Å². The Labute approximate surface area is 105 Å². The highest BCUT2D eigenvalue weighted by Crippen LogP contribution is 1.90. The molecule has 0 saturated carbocycles. The number of rotatable bonds is 10. The number of thiol groups is 2. The second-order valence-corrected chi connectivity index (χ2v) is 4.26. The zero-order chi connectivity index (χ0) is 11.5. The van der Waals surface area contributed by atoms with Gasteiger partial charge in [0.25, 0.3) is 0 Å². The van der Waals surface area contributed by atoms with Crippen molar-refractivity contribution in [2.75, 3.05) is 37.7 Å². The number of hydrogen-bond acceptors (Lipinski definition) is 5. The van der Waals surface area contributed by atoms with Crippen LogP contribution in [0, 0.1) is 0 Å². The van der Waals surface area contributed by atoms with Crippen LogP contribution in [0.2, 0.25) is 0 Å². The topological polar surface area (TPSA) is 36.1 Å². The summed E-state index contributed by atoms with van der Waals surface area (Å²) in [5.41, 5.74) is 0. The number of nitrogens with one attached hydrogen (secondary N) is 3. The Kier molecular flexibility index (Phi) is 11.5. The van der Waals surface area contributed by atoms with Crippen LogP contribution in [0.5, 0.6) is 0 Å². The minimum atomic E-state index is 0.439. The molecule has 0 aliphatic heterocycles. The van der Waals surface area contributed by atoms with E-state index < -0.39 is 0 Å². The van der Waals surface area contributed by atoms with Crippen LogP contribution in [-0.2, 0) is 0 Å². The Hall–Kier alpha value is 0.580. The molecular formula is C10H25N3S2. The summed E-state index contributed by atoms with van der Waals surface area (Å²) in [6.45, 7) is 8.16. The van der Waals surface area contributed by atoms with E-state index in [1.165, 1.54) is 0 Å². The molecule has 0 aromatic heterocycles. The van der Waals surface area contributed by atoms with Gasteiger partial charge in [-0.25, -0.2) is 0 Å². The molecule has 0 aromatic carbocycles. The highest BCUT2D eigenvalue weighted by atomic mass is 32.1. The van der Waals surface area contributed by atoms with Gasteiger partial charge in [0.05, 0.1) is 0 Å². The molecule has 0 saturated heterocycles. The number of likely N-dealkylation sites (N-methyl/N-ethyl adjacent to an activating group) is 2. The van der Waals surface area contributed by atoms with E-state index in [-0.39, 0.29) is 0 Å².